The molecule has 0 N–H and O–H groups in total. The van der Waals surface area contributed by atoms with E-state index in [4.69, 9.17) is 4.43 Å². The van der Waals surface area contributed by atoms with Gasteiger partial charge in [0.05, 0.1) is 6.61 Å². The minimum absolute atomic E-state index is 0.707. The van der Waals surface area contributed by atoms with Crippen molar-refractivity contribution in [1.29, 1.82) is 0 Å². The lowest BCUT2D eigenvalue weighted by atomic mass is 9.92. The highest BCUT2D eigenvalue weighted by Crippen LogP contribution is 2.36. The van der Waals surface area contributed by atoms with Crippen LogP contribution in [0.2, 0.25) is 12.1 Å². The Hall–Kier alpha value is -1.90. The Balaban J connectivity index is 1.71. The minimum atomic E-state index is -0.769. The van der Waals surface area contributed by atoms with Gasteiger partial charge in [0, 0.05) is 0 Å². The zero-order valence-corrected chi connectivity index (χ0v) is 17.9. The molecule has 0 aromatic heterocycles. The van der Waals surface area contributed by atoms with Crippen LogP contribution in [-0.2, 0) is 11.0 Å². The van der Waals surface area contributed by atoms with Crippen molar-refractivity contribution in [2.75, 3.05) is 0 Å². The Morgan fingerprint density at radius 1 is 0.704 bits per heavy atom. The summed E-state index contributed by atoms with van der Waals surface area (Å²) in [4.78, 5) is 0. The van der Waals surface area contributed by atoms with Gasteiger partial charge in [-0.25, -0.2) is 0 Å². The first-order chi connectivity index (χ1) is 13.0. The van der Waals surface area contributed by atoms with Gasteiger partial charge in [-0.1, -0.05) is 82.3 Å². The fraction of sp³-hybridized carbons (Fsp3) is 0.360. The van der Waals surface area contributed by atoms with Crippen LogP contribution in [0.25, 0.3) is 32.3 Å². The lowest BCUT2D eigenvalue weighted by Gasteiger charge is -2.20. The molecule has 0 spiro atoms. The second-order valence-electron chi connectivity index (χ2n) is 8.60. The lowest BCUT2D eigenvalue weighted by Crippen LogP contribution is -2.22. The van der Waals surface area contributed by atoms with Crippen molar-refractivity contribution in [3.8, 4) is 0 Å². The number of benzene rings is 4. The van der Waals surface area contributed by atoms with Gasteiger partial charge in [-0.3, -0.25) is 0 Å². The molecule has 0 aliphatic heterocycles. The topological polar surface area (TPSA) is 9.23 Å². The minimum Gasteiger partial charge on any atom is -0.412 e. The van der Waals surface area contributed by atoms with Crippen LogP contribution in [0.15, 0.2) is 54.6 Å². The van der Waals surface area contributed by atoms with Crippen molar-refractivity contribution in [2.24, 2.45) is 11.8 Å². The highest BCUT2D eigenvalue weighted by Gasteiger charge is 2.18. The molecule has 0 amide bonds. The van der Waals surface area contributed by atoms with E-state index in [2.05, 4.69) is 82.3 Å². The largest absolute Gasteiger partial charge is 0.412 e. The van der Waals surface area contributed by atoms with Crippen LogP contribution in [0, 0.1) is 11.8 Å². The van der Waals surface area contributed by atoms with Gasteiger partial charge in [0.2, 0.25) is 9.04 Å². The van der Waals surface area contributed by atoms with Gasteiger partial charge in [0.15, 0.2) is 0 Å². The smallest absolute Gasteiger partial charge is 0.212 e. The van der Waals surface area contributed by atoms with Crippen molar-refractivity contribution in [1.82, 2.24) is 0 Å². The average molecular weight is 374 g/mol. The van der Waals surface area contributed by atoms with E-state index >= 15 is 0 Å². The summed E-state index contributed by atoms with van der Waals surface area (Å²) in [5.41, 5.74) is 1.33. The molecular weight excluding hydrogens is 344 g/mol. The first-order valence-corrected chi connectivity index (χ1v) is 12.0. The second-order valence-corrected chi connectivity index (χ2v) is 10.8. The maximum Gasteiger partial charge on any atom is 0.212 e. The zero-order valence-electron chi connectivity index (χ0n) is 16.9. The molecule has 0 saturated heterocycles. The third-order valence-electron chi connectivity index (χ3n) is 5.32. The van der Waals surface area contributed by atoms with Crippen LogP contribution in [0.4, 0.5) is 0 Å². The molecule has 1 radical (unpaired) electrons. The van der Waals surface area contributed by atoms with Crippen LogP contribution < -0.4 is 0 Å². The molecule has 4 rings (SSSR count). The molecule has 27 heavy (non-hydrogen) atoms. The quantitative estimate of drug-likeness (QED) is 0.242. The number of hydrogen-bond donors (Lipinski definition) is 0. The molecular formula is C25H29OSi. The second kappa shape index (κ2) is 7.61. The maximum absolute atomic E-state index is 6.54. The summed E-state index contributed by atoms with van der Waals surface area (Å²) in [7, 11) is -0.769. The Kier molecular flexibility index (Phi) is 5.20. The molecule has 0 bridgehead atoms. The van der Waals surface area contributed by atoms with Gasteiger partial charge in [0.1, 0.15) is 0 Å². The van der Waals surface area contributed by atoms with Crippen LogP contribution in [0.3, 0.4) is 0 Å². The van der Waals surface area contributed by atoms with E-state index in [0.717, 1.165) is 6.61 Å². The molecule has 0 aliphatic carbocycles. The van der Waals surface area contributed by atoms with E-state index in [1.807, 2.05) is 0 Å². The van der Waals surface area contributed by atoms with Crippen molar-refractivity contribution in [3.05, 3.63) is 60.2 Å². The van der Waals surface area contributed by atoms with Crippen LogP contribution in [0.1, 0.15) is 33.3 Å². The molecule has 0 fully saturated rings. The standard InChI is InChI=1S/C25H29OSi/c1-17(2)15-27(16-18(3)4)26-14-22-11-10-21-9-8-19-6-5-7-20-12-13-23(22)25(21)24(19)20/h5-13,17-18H,14-16H2,1-4H3. The van der Waals surface area contributed by atoms with E-state index in [9.17, 15) is 0 Å². The van der Waals surface area contributed by atoms with E-state index in [0.29, 0.717) is 11.8 Å². The van der Waals surface area contributed by atoms with Crippen molar-refractivity contribution in [3.63, 3.8) is 0 Å². The van der Waals surface area contributed by atoms with E-state index in [1.54, 1.807) is 0 Å². The molecule has 0 atom stereocenters. The van der Waals surface area contributed by atoms with Crippen LogP contribution >= 0.6 is 0 Å². The Labute approximate surface area is 164 Å². The summed E-state index contributed by atoms with van der Waals surface area (Å²) in [6.07, 6.45) is 0. The first kappa shape index (κ1) is 18.5. The summed E-state index contributed by atoms with van der Waals surface area (Å²) in [6, 6.07) is 22.6. The number of hydrogen-bond acceptors (Lipinski definition) is 1. The Bertz CT molecular complexity index is 1020. The fourth-order valence-corrected chi connectivity index (χ4v) is 6.80. The van der Waals surface area contributed by atoms with Gasteiger partial charge < -0.3 is 4.43 Å². The van der Waals surface area contributed by atoms with Crippen LogP contribution in [0.5, 0.6) is 0 Å². The normalized spacial score (nSPS) is 12.6. The van der Waals surface area contributed by atoms with E-state index < -0.39 is 9.04 Å². The van der Waals surface area contributed by atoms with Gasteiger partial charge >= 0.3 is 0 Å². The van der Waals surface area contributed by atoms with E-state index in [1.165, 1.54) is 50.0 Å². The van der Waals surface area contributed by atoms with Gasteiger partial charge in [-0.2, -0.15) is 0 Å². The summed E-state index contributed by atoms with van der Waals surface area (Å²) < 4.78 is 6.54. The highest BCUT2D eigenvalue weighted by atomic mass is 28.3. The zero-order chi connectivity index (χ0) is 19.0. The summed E-state index contributed by atoms with van der Waals surface area (Å²) in [5, 5.41) is 8.12. The molecule has 139 valence electrons. The molecule has 0 aliphatic rings. The highest BCUT2D eigenvalue weighted by molar-refractivity contribution is 6.51. The SMILES string of the molecule is CC(C)C[Si](CC(C)C)OCc1ccc2ccc3cccc4ccc1c2c34. The summed E-state index contributed by atoms with van der Waals surface area (Å²) in [5.74, 6) is 1.41. The van der Waals surface area contributed by atoms with E-state index in [-0.39, 0.29) is 0 Å². The summed E-state index contributed by atoms with van der Waals surface area (Å²) in [6.45, 7) is 9.98. The summed E-state index contributed by atoms with van der Waals surface area (Å²) >= 11 is 0. The molecule has 4 aromatic rings. The fourth-order valence-electron chi connectivity index (χ4n) is 4.21. The molecule has 0 saturated carbocycles. The average Bonchev–Trinajstić information content (AvgIpc) is 2.64. The van der Waals surface area contributed by atoms with Crippen LogP contribution in [-0.4, -0.2) is 9.04 Å². The molecule has 0 unspecified atom stereocenters. The van der Waals surface area contributed by atoms with Gasteiger partial charge in [-0.05, 0) is 61.8 Å². The Morgan fingerprint density at radius 2 is 1.26 bits per heavy atom. The van der Waals surface area contributed by atoms with Crippen molar-refractivity contribution in [2.45, 2.75) is 46.4 Å². The third kappa shape index (κ3) is 3.74. The molecule has 1 nitrogen and oxygen atoms in total. The van der Waals surface area contributed by atoms with Crippen molar-refractivity contribution < 1.29 is 4.43 Å². The lowest BCUT2D eigenvalue weighted by molar-refractivity contribution is 0.300. The molecule has 0 heterocycles. The number of rotatable bonds is 7. The predicted octanol–water partition coefficient (Wildman–Crippen LogP) is 7.40. The van der Waals surface area contributed by atoms with Crippen molar-refractivity contribution >= 4 is 41.4 Å². The molecule has 4 aromatic carbocycles. The van der Waals surface area contributed by atoms with Gasteiger partial charge in [-0.15, -0.1) is 0 Å². The monoisotopic (exact) mass is 373 g/mol. The molecule has 2 heteroatoms. The maximum atomic E-state index is 6.54. The third-order valence-corrected chi connectivity index (χ3v) is 8.42. The predicted molar refractivity (Wildman–Crippen MR) is 120 cm³/mol. The van der Waals surface area contributed by atoms with Gasteiger partial charge in [0.25, 0.3) is 0 Å². The first-order valence-electron chi connectivity index (χ1n) is 10.2. The Morgan fingerprint density at radius 3 is 1.89 bits per heavy atom.